The summed E-state index contributed by atoms with van der Waals surface area (Å²) in [5.74, 6) is -0.215. The molecule has 124 valence electrons. The van der Waals surface area contributed by atoms with Crippen LogP contribution in [-0.2, 0) is 4.74 Å². The van der Waals surface area contributed by atoms with Gasteiger partial charge in [0.2, 0.25) is 0 Å². The number of nitrogens with zero attached hydrogens (tertiary/aromatic N) is 1. The van der Waals surface area contributed by atoms with Gasteiger partial charge in [-0.2, -0.15) is 0 Å². The molecule has 0 radical (unpaired) electrons. The molecule has 0 aromatic heterocycles. The van der Waals surface area contributed by atoms with Gasteiger partial charge in [0, 0.05) is 19.8 Å². The average molecular weight is 305 g/mol. The third kappa shape index (κ3) is 7.48. The molecular formula is C19H31NO2. The molecule has 0 aliphatic heterocycles. The number of ether oxygens (including phenoxy) is 1. The fourth-order valence-corrected chi connectivity index (χ4v) is 2.38. The van der Waals surface area contributed by atoms with Crippen molar-refractivity contribution >= 4 is 11.7 Å². The molecule has 1 rings (SSSR count). The van der Waals surface area contributed by atoms with Crippen LogP contribution in [0.2, 0.25) is 0 Å². The van der Waals surface area contributed by atoms with E-state index in [1.807, 2.05) is 43.3 Å². The Labute approximate surface area is 135 Å². The van der Waals surface area contributed by atoms with Gasteiger partial charge in [0.1, 0.15) is 0 Å². The molecule has 0 saturated heterocycles. The van der Waals surface area contributed by atoms with Crippen molar-refractivity contribution < 1.29 is 9.53 Å². The smallest absolute Gasteiger partial charge is 0.338 e. The summed E-state index contributed by atoms with van der Waals surface area (Å²) in [5.41, 5.74) is 1.71. The summed E-state index contributed by atoms with van der Waals surface area (Å²) in [6.45, 7) is 2.77. The number of carbonyl (C=O) groups excluding carboxylic acids is 1. The molecule has 0 bridgehead atoms. The summed E-state index contributed by atoms with van der Waals surface area (Å²) >= 11 is 0. The minimum Gasteiger partial charge on any atom is -0.462 e. The summed E-state index contributed by atoms with van der Waals surface area (Å²) in [6, 6.07) is 7.52. The van der Waals surface area contributed by atoms with E-state index >= 15 is 0 Å². The van der Waals surface area contributed by atoms with Gasteiger partial charge in [0.05, 0.1) is 12.2 Å². The molecule has 0 amide bonds. The molecule has 0 heterocycles. The zero-order chi connectivity index (χ0) is 16.2. The van der Waals surface area contributed by atoms with Crippen molar-refractivity contribution in [3.8, 4) is 0 Å². The Morgan fingerprint density at radius 3 is 2.00 bits per heavy atom. The van der Waals surface area contributed by atoms with Crippen LogP contribution in [0.1, 0.15) is 68.6 Å². The van der Waals surface area contributed by atoms with E-state index in [1.54, 1.807) is 0 Å². The highest BCUT2D eigenvalue weighted by Crippen LogP contribution is 2.13. The van der Waals surface area contributed by atoms with Crippen LogP contribution >= 0.6 is 0 Å². The summed E-state index contributed by atoms with van der Waals surface area (Å²) in [7, 11) is 3.96. The first-order chi connectivity index (χ1) is 10.6. The van der Waals surface area contributed by atoms with E-state index in [0.717, 1.165) is 18.5 Å². The third-order valence-electron chi connectivity index (χ3n) is 3.85. The maximum Gasteiger partial charge on any atom is 0.338 e. The molecule has 0 fully saturated rings. The summed E-state index contributed by atoms with van der Waals surface area (Å²) in [5, 5.41) is 0. The lowest BCUT2D eigenvalue weighted by atomic mass is 10.1. The summed E-state index contributed by atoms with van der Waals surface area (Å²) < 4.78 is 5.32. The third-order valence-corrected chi connectivity index (χ3v) is 3.85. The fraction of sp³-hybridized carbons (Fsp3) is 0.632. The molecule has 0 unspecified atom stereocenters. The maximum absolute atomic E-state index is 11.9. The van der Waals surface area contributed by atoms with Gasteiger partial charge in [-0.05, 0) is 30.7 Å². The molecule has 0 N–H and O–H groups in total. The van der Waals surface area contributed by atoms with Crippen molar-refractivity contribution in [2.75, 3.05) is 25.6 Å². The van der Waals surface area contributed by atoms with Crippen molar-refractivity contribution in [3.05, 3.63) is 29.8 Å². The largest absolute Gasteiger partial charge is 0.462 e. The number of carbonyl (C=O) groups is 1. The van der Waals surface area contributed by atoms with Crippen LogP contribution in [0.25, 0.3) is 0 Å². The Morgan fingerprint density at radius 2 is 1.45 bits per heavy atom. The molecule has 1 aromatic carbocycles. The molecule has 3 heteroatoms. The highest BCUT2D eigenvalue weighted by Gasteiger charge is 2.06. The number of benzene rings is 1. The Hall–Kier alpha value is -1.51. The molecular weight excluding hydrogens is 274 g/mol. The second-order valence-electron chi connectivity index (χ2n) is 6.05. The molecule has 0 atom stereocenters. The minimum atomic E-state index is -0.215. The summed E-state index contributed by atoms with van der Waals surface area (Å²) in [4.78, 5) is 13.9. The van der Waals surface area contributed by atoms with E-state index in [9.17, 15) is 4.79 Å². The first-order valence-corrected chi connectivity index (χ1v) is 8.59. The number of anilines is 1. The minimum absolute atomic E-state index is 0.215. The van der Waals surface area contributed by atoms with Crippen LogP contribution in [0.3, 0.4) is 0 Å². The van der Waals surface area contributed by atoms with Gasteiger partial charge in [-0.1, -0.05) is 51.9 Å². The number of esters is 1. The molecule has 0 aliphatic carbocycles. The van der Waals surface area contributed by atoms with Crippen molar-refractivity contribution in [3.63, 3.8) is 0 Å². The maximum atomic E-state index is 11.9. The fourth-order valence-electron chi connectivity index (χ4n) is 2.38. The van der Waals surface area contributed by atoms with Gasteiger partial charge < -0.3 is 9.64 Å². The lowest BCUT2D eigenvalue weighted by Gasteiger charge is -2.12. The van der Waals surface area contributed by atoms with E-state index in [1.165, 1.54) is 38.5 Å². The van der Waals surface area contributed by atoms with E-state index in [4.69, 9.17) is 4.74 Å². The standard InChI is InChI=1S/C19H31NO2/c1-4-5-6-7-8-9-10-11-16-22-19(21)17-12-14-18(15-13-17)20(2)3/h12-15H,4-11,16H2,1-3H3. The second kappa shape index (κ2) is 11.1. The van der Waals surface area contributed by atoms with Gasteiger partial charge in [0.15, 0.2) is 0 Å². The Bertz CT molecular complexity index is 412. The van der Waals surface area contributed by atoms with E-state index in [2.05, 4.69) is 6.92 Å². The Balaban J connectivity index is 2.10. The Morgan fingerprint density at radius 1 is 0.909 bits per heavy atom. The SMILES string of the molecule is CCCCCCCCCCOC(=O)c1ccc(N(C)C)cc1. The quantitative estimate of drug-likeness (QED) is 0.423. The first-order valence-electron chi connectivity index (χ1n) is 8.59. The number of hydrogen-bond acceptors (Lipinski definition) is 3. The van der Waals surface area contributed by atoms with Gasteiger partial charge in [-0.15, -0.1) is 0 Å². The van der Waals surface area contributed by atoms with Crippen molar-refractivity contribution in [1.82, 2.24) is 0 Å². The van der Waals surface area contributed by atoms with E-state index in [0.29, 0.717) is 12.2 Å². The predicted octanol–water partition coefficient (Wildman–Crippen LogP) is 5.05. The van der Waals surface area contributed by atoms with Gasteiger partial charge in [-0.3, -0.25) is 0 Å². The van der Waals surface area contributed by atoms with Crippen molar-refractivity contribution in [2.45, 2.75) is 58.3 Å². The van der Waals surface area contributed by atoms with Crippen LogP contribution in [-0.4, -0.2) is 26.7 Å². The summed E-state index contributed by atoms with van der Waals surface area (Å²) in [6.07, 6.45) is 10.0. The topological polar surface area (TPSA) is 29.5 Å². The van der Waals surface area contributed by atoms with Crippen LogP contribution in [0, 0.1) is 0 Å². The van der Waals surface area contributed by atoms with Crippen LogP contribution in [0.4, 0.5) is 5.69 Å². The lowest BCUT2D eigenvalue weighted by Crippen LogP contribution is -2.10. The molecule has 0 spiro atoms. The van der Waals surface area contributed by atoms with Gasteiger partial charge >= 0.3 is 5.97 Å². The number of hydrogen-bond donors (Lipinski definition) is 0. The molecule has 1 aromatic rings. The monoisotopic (exact) mass is 305 g/mol. The average Bonchev–Trinajstić information content (AvgIpc) is 2.53. The van der Waals surface area contributed by atoms with Gasteiger partial charge in [0.25, 0.3) is 0 Å². The van der Waals surface area contributed by atoms with Crippen LogP contribution < -0.4 is 4.90 Å². The molecule has 3 nitrogen and oxygen atoms in total. The Kier molecular flexibility index (Phi) is 9.36. The highest BCUT2D eigenvalue weighted by atomic mass is 16.5. The number of rotatable bonds is 11. The molecule has 0 aliphatic rings. The van der Waals surface area contributed by atoms with Crippen LogP contribution in [0.5, 0.6) is 0 Å². The normalized spacial score (nSPS) is 10.5. The highest BCUT2D eigenvalue weighted by molar-refractivity contribution is 5.89. The van der Waals surface area contributed by atoms with Crippen molar-refractivity contribution in [2.24, 2.45) is 0 Å². The molecule has 0 saturated carbocycles. The predicted molar refractivity (Wildman–Crippen MR) is 93.7 cm³/mol. The molecule has 22 heavy (non-hydrogen) atoms. The second-order valence-corrected chi connectivity index (χ2v) is 6.05. The van der Waals surface area contributed by atoms with E-state index < -0.39 is 0 Å². The lowest BCUT2D eigenvalue weighted by molar-refractivity contribution is 0.0497. The zero-order valence-electron chi connectivity index (χ0n) is 14.4. The van der Waals surface area contributed by atoms with Crippen molar-refractivity contribution in [1.29, 1.82) is 0 Å². The first kappa shape index (κ1) is 18.5. The van der Waals surface area contributed by atoms with E-state index in [-0.39, 0.29) is 5.97 Å². The van der Waals surface area contributed by atoms with Crippen LogP contribution in [0.15, 0.2) is 24.3 Å². The zero-order valence-corrected chi connectivity index (χ0v) is 14.4. The number of unbranched alkanes of at least 4 members (excludes halogenated alkanes) is 7. The van der Waals surface area contributed by atoms with Gasteiger partial charge in [-0.25, -0.2) is 4.79 Å².